The molecule has 3 nitrogen and oxygen atoms in total. The van der Waals surface area contributed by atoms with Crippen LogP contribution in [0.5, 0.6) is 0 Å². The molecule has 1 heterocycles. The maximum absolute atomic E-state index is 14.0. The highest BCUT2D eigenvalue weighted by atomic mass is 32.1. The van der Waals surface area contributed by atoms with Gasteiger partial charge in [-0.25, -0.2) is 9.37 Å². The SMILES string of the molecule is C.O=C(Nc1nccs1)C(CC1CCCC1)c1ccc(C(F)(F)F)c(F)c1. The van der Waals surface area contributed by atoms with Crippen LogP contribution < -0.4 is 5.32 Å². The molecule has 2 aromatic rings. The van der Waals surface area contributed by atoms with Gasteiger partial charge in [0.2, 0.25) is 5.91 Å². The van der Waals surface area contributed by atoms with Crippen molar-refractivity contribution in [3.8, 4) is 0 Å². The predicted octanol–water partition coefficient (Wildman–Crippen LogP) is 6.24. The van der Waals surface area contributed by atoms with Crippen LogP contribution in [0.1, 0.15) is 56.6 Å². The predicted molar refractivity (Wildman–Crippen MR) is 98.2 cm³/mol. The number of thiazole rings is 1. The summed E-state index contributed by atoms with van der Waals surface area (Å²) in [4.78, 5) is 16.7. The van der Waals surface area contributed by atoms with Gasteiger partial charge in [0.25, 0.3) is 0 Å². The highest BCUT2D eigenvalue weighted by Gasteiger charge is 2.35. The Bertz CT molecular complexity index is 756. The fraction of sp³-hybridized carbons (Fsp3) is 0.474. The summed E-state index contributed by atoms with van der Waals surface area (Å²) in [6.07, 6.45) is 1.38. The Hall–Kier alpha value is -1.96. The van der Waals surface area contributed by atoms with E-state index in [0.29, 0.717) is 23.5 Å². The number of hydrogen-bond donors (Lipinski definition) is 1. The van der Waals surface area contributed by atoms with Gasteiger partial charge in [0.1, 0.15) is 5.82 Å². The highest BCUT2D eigenvalue weighted by Crippen LogP contribution is 2.37. The Balaban J connectivity index is 0.00000261. The molecule has 1 aliphatic rings. The molecule has 3 rings (SSSR count). The summed E-state index contributed by atoms with van der Waals surface area (Å²) in [7, 11) is 0. The van der Waals surface area contributed by atoms with E-state index in [-0.39, 0.29) is 18.9 Å². The zero-order valence-electron chi connectivity index (χ0n) is 13.9. The number of nitrogens with one attached hydrogen (secondary N) is 1. The first-order chi connectivity index (χ1) is 12.3. The number of carbonyl (C=O) groups is 1. The molecule has 0 aliphatic heterocycles. The van der Waals surface area contributed by atoms with Crippen molar-refractivity contribution in [2.45, 2.75) is 51.6 Å². The molecular formula is C19H22F4N2OS. The third-order valence-corrected chi connectivity index (χ3v) is 5.41. The van der Waals surface area contributed by atoms with E-state index in [1.165, 1.54) is 17.4 Å². The summed E-state index contributed by atoms with van der Waals surface area (Å²) in [5.74, 6) is -2.12. The first-order valence-corrected chi connectivity index (χ1v) is 9.29. The number of benzene rings is 1. The number of carbonyl (C=O) groups excluding carboxylic acids is 1. The van der Waals surface area contributed by atoms with Crippen LogP contribution in [0.3, 0.4) is 0 Å². The molecule has 1 aliphatic carbocycles. The van der Waals surface area contributed by atoms with E-state index in [2.05, 4.69) is 10.3 Å². The molecule has 27 heavy (non-hydrogen) atoms. The van der Waals surface area contributed by atoms with Gasteiger partial charge < -0.3 is 5.32 Å². The van der Waals surface area contributed by atoms with E-state index < -0.39 is 23.5 Å². The number of aromatic nitrogens is 1. The first-order valence-electron chi connectivity index (χ1n) is 8.41. The molecule has 1 amide bonds. The van der Waals surface area contributed by atoms with Crippen molar-refractivity contribution >= 4 is 22.4 Å². The Labute approximate surface area is 159 Å². The lowest BCUT2D eigenvalue weighted by atomic mass is 9.86. The van der Waals surface area contributed by atoms with Crippen molar-refractivity contribution in [3.05, 3.63) is 46.7 Å². The van der Waals surface area contributed by atoms with E-state index >= 15 is 0 Å². The second kappa shape index (κ2) is 8.82. The molecule has 1 aromatic heterocycles. The molecule has 1 saturated carbocycles. The number of nitrogens with zero attached hydrogens (tertiary/aromatic N) is 1. The van der Waals surface area contributed by atoms with E-state index in [1.54, 1.807) is 11.6 Å². The lowest BCUT2D eigenvalue weighted by molar-refractivity contribution is -0.140. The molecule has 1 fully saturated rings. The number of halogens is 4. The Morgan fingerprint density at radius 1 is 1.30 bits per heavy atom. The summed E-state index contributed by atoms with van der Waals surface area (Å²) in [6, 6.07) is 2.75. The van der Waals surface area contributed by atoms with Crippen LogP contribution in [0.4, 0.5) is 22.7 Å². The number of hydrogen-bond acceptors (Lipinski definition) is 3. The summed E-state index contributed by atoms with van der Waals surface area (Å²) in [6.45, 7) is 0. The van der Waals surface area contributed by atoms with Crippen molar-refractivity contribution in [1.29, 1.82) is 0 Å². The topological polar surface area (TPSA) is 42.0 Å². The van der Waals surface area contributed by atoms with E-state index in [1.807, 2.05) is 0 Å². The Morgan fingerprint density at radius 3 is 2.56 bits per heavy atom. The summed E-state index contributed by atoms with van der Waals surface area (Å²) in [5.41, 5.74) is -1.06. The number of amides is 1. The van der Waals surface area contributed by atoms with E-state index in [4.69, 9.17) is 0 Å². The second-order valence-electron chi connectivity index (χ2n) is 6.50. The second-order valence-corrected chi connectivity index (χ2v) is 7.40. The molecule has 1 aromatic carbocycles. The molecular weight excluding hydrogens is 380 g/mol. The van der Waals surface area contributed by atoms with Gasteiger partial charge in [-0.15, -0.1) is 11.3 Å². The van der Waals surface area contributed by atoms with Crippen LogP contribution >= 0.6 is 11.3 Å². The van der Waals surface area contributed by atoms with E-state index in [0.717, 1.165) is 31.7 Å². The van der Waals surface area contributed by atoms with Crippen LogP contribution in [-0.4, -0.2) is 10.9 Å². The first kappa shape index (κ1) is 21.3. The molecule has 1 atom stereocenters. The third-order valence-electron chi connectivity index (χ3n) is 4.72. The van der Waals surface area contributed by atoms with Gasteiger partial charge in [-0.05, 0) is 30.0 Å². The fourth-order valence-electron chi connectivity index (χ4n) is 3.43. The average Bonchev–Trinajstić information content (AvgIpc) is 3.24. The minimum absolute atomic E-state index is 0. The van der Waals surface area contributed by atoms with Crippen molar-refractivity contribution in [2.24, 2.45) is 5.92 Å². The van der Waals surface area contributed by atoms with Crippen LogP contribution in [0.15, 0.2) is 29.8 Å². The van der Waals surface area contributed by atoms with Gasteiger partial charge in [-0.3, -0.25) is 4.79 Å². The van der Waals surface area contributed by atoms with Crippen molar-refractivity contribution in [3.63, 3.8) is 0 Å². The van der Waals surface area contributed by atoms with Crippen molar-refractivity contribution in [1.82, 2.24) is 4.98 Å². The van der Waals surface area contributed by atoms with E-state index in [9.17, 15) is 22.4 Å². The summed E-state index contributed by atoms with van der Waals surface area (Å²) < 4.78 is 52.4. The summed E-state index contributed by atoms with van der Waals surface area (Å²) >= 11 is 1.25. The van der Waals surface area contributed by atoms with Gasteiger partial charge in [0.05, 0.1) is 11.5 Å². The highest BCUT2D eigenvalue weighted by molar-refractivity contribution is 7.13. The Kier molecular flexibility index (Phi) is 6.97. The largest absolute Gasteiger partial charge is 0.419 e. The molecule has 0 radical (unpaired) electrons. The zero-order valence-corrected chi connectivity index (χ0v) is 14.7. The standard InChI is InChI=1S/C18H18F4N2OS.CH4/c19-15-10-12(5-6-14(15)18(20,21)22)13(9-11-3-1-2-4-11)16(25)24-17-23-7-8-26-17;/h5-8,10-11,13H,1-4,9H2,(H,23,24,25);1H4. The molecule has 148 valence electrons. The van der Waals surface area contributed by atoms with Crippen LogP contribution in [0.2, 0.25) is 0 Å². The lowest BCUT2D eigenvalue weighted by Crippen LogP contribution is -2.23. The molecule has 1 unspecified atom stereocenters. The van der Waals surface area contributed by atoms with Gasteiger partial charge in [0, 0.05) is 11.6 Å². The third kappa shape index (κ3) is 5.28. The number of alkyl halides is 3. The van der Waals surface area contributed by atoms with Crippen LogP contribution in [-0.2, 0) is 11.0 Å². The maximum atomic E-state index is 14.0. The summed E-state index contributed by atoms with van der Waals surface area (Å²) in [5, 5.41) is 4.81. The van der Waals surface area contributed by atoms with Gasteiger partial charge in [-0.1, -0.05) is 39.2 Å². The molecule has 1 N–H and O–H groups in total. The van der Waals surface area contributed by atoms with Crippen molar-refractivity contribution in [2.75, 3.05) is 5.32 Å². The molecule has 8 heteroatoms. The van der Waals surface area contributed by atoms with Gasteiger partial charge in [-0.2, -0.15) is 13.2 Å². The van der Waals surface area contributed by atoms with Gasteiger partial charge >= 0.3 is 6.18 Å². The van der Waals surface area contributed by atoms with Crippen LogP contribution in [0, 0.1) is 11.7 Å². The minimum atomic E-state index is -4.76. The molecule has 0 saturated heterocycles. The molecule has 0 bridgehead atoms. The smallest absolute Gasteiger partial charge is 0.301 e. The molecule has 0 spiro atoms. The minimum Gasteiger partial charge on any atom is -0.301 e. The lowest BCUT2D eigenvalue weighted by Gasteiger charge is -2.21. The quantitative estimate of drug-likeness (QED) is 0.602. The van der Waals surface area contributed by atoms with Crippen molar-refractivity contribution < 1.29 is 22.4 Å². The van der Waals surface area contributed by atoms with Gasteiger partial charge in [0.15, 0.2) is 5.13 Å². The monoisotopic (exact) mass is 402 g/mol. The van der Waals surface area contributed by atoms with Crippen LogP contribution in [0.25, 0.3) is 0 Å². The zero-order chi connectivity index (χ0) is 18.7. The number of anilines is 1. The Morgan fingerprint density at radius 2 is 2.00 bits per heavy atom. The maximum Gasteiger partial charge on any atom is 0.419 e. The average molecular weight is 402 g/mol. The normalized spacial score (nSPS) is 16.0. The fourth-order valence-corrected chi connectivity index (χ4v) is 3.96. The number of rotatable bonds is 5.